The van der Waals surface area contributed by atoms with Crippen LogP contribution in [0.2, 0.25) is 5.02 Å². The van der Waals surface area contributed by atoms with E-state index in [-0.39, 0.29) is 5.91 Å². The summed E-state index contributed by atoms with van der Waals surface area (Å²) >= 11 is 6.30. The fourth-order valence-electron chi connectivity index (χ4n) is 3.81. The van der Waals surface area contributed by atoms with Gasteiger partial charge in [0.1, 0.15) is 11.5 Å². The number of carbonyl (C=O) groups is 1. The lowest BCUT2D eigenvalue weighted by atomic mass is 10.00. The molecule has 1 unspecified atom stereocenters. The van der Waals surface area contributed by atoms with Crippen LogP contribution in [0, 0.1) is 5.92 Å². The van der Waals surface area contributed by atoms with Crippen LogP contribution < -0.4 is 5.73 Å². The summed E-state index contributed by atoms with van der Waals surface area (Å²) in [4.78, 5) is 19.1. The maximum absolute atomic E-state index is 13.0. The number of aromatic nitrogens is 2. The zero-order chi connectivity index (χ0) is 18.3. The van der Waals surface area contributed by atoms with Gasteiger partial charge in [0, 0.05) is 31.7 Å². The first kappa shape index (κ1) is 16.9. The van der Waals surface area contributed by atoms with Crippen molar-refractivity contribution in [2.75, 3.05) is 18.8 Å². The van der Waals surface area contributed by atoms with E-state index in [9.17, 15) is 4.79 Å². The second kappa shape index (κ2) is 6.65. The molecule has 2 N–H and O–H groups in total. The fraction of sp³-hybridized carbons (Fsp3) is 0.300. The van der Waals surface area contributed by atoms with Crippen LogP contribution in [0.1, 0.15) is 22.5 Å². The molecule has 3 aromatic rings. The molecule has 26 heavy (non-hydrogen) atoms. The number of likely N-dealkylation sites (tertiary alicyclic amines) is 1. The predicted octanol–water partition coefficient (Wildman–Crippen LogP) is 3.51. The van der Waals surface area contributed by atoms with Gasteiger partial charge in [0.15, 0.2) is 0 Å². The minimum atomic E-state index is 0.0673. The second-order valence-electron chi connectivity index (χ2n) is 6.97. The number of aryl methyl sites for hydroxylation is 1. The number of nitrogens with zero attached hydrogens (tertiary/aromatic N) is 3. The highest BCUT2D eigenvalue weighted by atomic mass is 35.5. The third kappa shape index (κ3) is 3.03. The van der Waals surface area contributed by atoms with Crippen molar-refractivity contribution in [3.8, 4) is 0 Å². The number of hydrogen-bond acceptors (Lipinski definition) is 3. The Balaban J connectivity index is 1.50. The number of nitrogens with two attached hydrogens (primary N) is 1. The van der Waals surface area contributed by atoms with E-state index in [4.69, 9.17) is 17.3 Å². The number of halogens is 1. The highest BCUT2D eigenvalue weighted by Gasteiger charge is 2.29. The molecule has 1 aromatic carbocycles. The van der Waals surface area contributed by atoms with Crippen LogP contribution in [0.4, 0.5) is 5.82 Å². The highest BCUT2D eigenvalue weighted by molar-refractivity contribution is 6.35. The van der Waals surface area contributed by atoms with Gasteiger partial charge in [-0.25, -0.2) is 4.98 Å². The molecule has 5 nitrogen and oxygen atoms in total. The van der Waals surface area contributed by atoms with Gasteiger partial charge in [0.25, 0.3) is 5.91 Å². The van der Waals surface area contributed by atoms with Crippen molar-refractivity contribution in [3.05, 3.63) is 58.9 Å². The number of carbonyl (C=O) groups excluding carboxylic acids is 1. The van der Waals surface area contributed by atoms with Gasteiger partial charge in [-0.3, -0.25) is 4.79 Å². The van der Waals surface area contributed by atoms with Crippen molar-refractivity contribution in [1.82, 2.24) is 14.5 Å². The topological polar surface area (TPSA) is 64.2 Å². The van der Waals surface area contributed by atoms with Crippen molar-refractivity contribution < 1.29 is 4.79 Å². The predicted molar refractivity (Wildman–Crippen MR) is 104 cm³/mol. The Kier molecular flexibility index (Phi) is 4.32. The summed E-state index contributed by atoms with van der Waals surface area (Å²) in [6.07, 6.45) is 3.74. The zero-order valence-corrected chi connectivity index (χ0v) is 15.4. The van der Waals surface area contributed by atoms with E-state index in [0.29, 0.717) is 22.5 Å². The smallest absolute Gasteiger partial charge is 0.270 e. The van der Waals surface area contributed by atoms with Gasteiger partial charge in [-0.1, -0.05) is 29.8 Å². The summed E-state index contributed by atoms with van der Waals surface area (Å²) < 4.78 is 1.90. The van der Waals surface area contributed by atoms with Crippen LogP contribution in [0.15, 0.2) is 42.6 Å². The normalized spacial score (nSPS) is 17.2. The SMILES string of the molecule is Cn1c(C(=O)N2CCC(Cc3ccc(N)nc3)C2)cc2cccc(Cl)c21. The molecule has 1 aliphatic heterocycles. The largest absolute Gasteiger partial charge is 0.384 e. The Morgan fingerprint density at radius 1 is 1.35 bits per heavy atom. The van der Waals surface area contributed by atoms with Crippen molar-refractivity contribution in [1.29, 1.82) is 0 Å². The second-order valence-corrected chi connectivity index (χ2v) is 7.37. The van der Waals surface area contributed by atoms with Crippen LogP contribution in [-0.2, 0) is 13.5 Å². The Bertz CT molecular complexity index is 964. The molecule has 134 valence electrons. The quantitative estimate of drug-likeness (QED) is 0.769. The molecule has 3 heterocycles. The maximum Gasteiger partial charge on any atom is 0.270 e. The summed E-state index contributed by atoms with van der Waals surface area (Å²) in [5, 5.41) is 1.66. The van der Waals surface area contributed by atoms with Gasteiger partial charge in [0.05, 0.1) is 10.5 Å². The molecule has 1 atom stereocenters. The fourth-order valence-corrected chi connectivity index (χ4v) is 4.12. The molecule has 0 bridgehead atoms. The molecule has 0 aliphatic carbocycles. The lowest BCUT2D eigenvalue weighted by Crippen LogP contribution is -2.30. The lowest BCUT2D eigenvalue weighted by molar-refractivity contribution is 0.0778. The third-order valence-corrected chi connectivity index (χ3v) is 5.48. The van der Waals surface area contributed by atoms with Crippen LogP contribution in [0.25, 0.3) is 10.9 Å². The Labute approximate surface area is 157 Å². The van der Waals surface area contributed by atoms with E-state index in [1.54, 1.807) is 0 Å². The van der Waals surface area contributed by atoms with Crippen molar-refractivity contribution in [3.63, 3.8) is 0 Å². The summed E-state index contributed by atoms with van der Waals surface area (Å²) in [6.45, 7) is 1.54. The molecule has 6 heteroatoms. The third-order valence-electron chi connectivity index (χ3n) is 5.17. The molecule has 2 aromatic heterocycles. The van der Waals surface area contributed by atoms with Gasteiger partial charge < -0.3 is 15.2 Å². The molecule has 1 amide bonds. The minimum Gasteiger partial charge on any atom is -0.384 e. The van der Waals surface area contributed by atoms with E-state index in [0.717, 1.165) is 42.4 Å². The van der Waals surface area contributed by atoms with E-state index in [2.05, 4.69) is 4.98 Å². The van der Waals surface area contributed by atoms with Crippen molar-refractivity contribution in [2.24, 2.45) is 13.0 Å². The van der Waals surface area contributed by atoms with Gasteiger partial charge in [0.2, 0.25) is 0 Å². The number of anilines is 1. The van der Waals surface area contributed by atoms with E-state index in [1.807, 2.05) is 59.1 Å². The molecule has 1 aliphatic rings. The zero-order valence-electron chi connectivity index (χ0n) is 14.7. The number of fused-ring (bicyclic) bond motifs is 1. The Morgan fingerprint density at radius 3 is 2.92 bits per heavy atom. The van der Waals surface area contributed by atoms with Gasteiger partial charge in [-0.2, -0.15) is 0 Å². The van der Waals surface area contributed by atoms with E-state index in [1.165, 1.54) is 0 Å². The molecule has 0 radical (unpaired) electrons. The number of amides is 1. The van der Waals surface area contributed by atoms with Crippen molar-refractivity contribution >= 4 is 34.2 Å². The first-order valence-electron chi connectivity index (χ1n) is 8.76. The molecular formula is C20H21ClN4O. The molecular weight excluding hydrogens is 348 g/mol. The van der Waals surface area contributed by atoms with Crippen LogP contribution in [0.3, 0.4) is 0 Å². The average molecular weight is 369 g/mol. The van der Waals surface area contributed by atoms with Crippen LogP contribution >= 0.6 is 11.6 Å². The van der Waals surface area contributed by atoms with Gasteiger partial charge >= 0.3 is 0 Å². The number of pyridine rings is 1. The number of para-hydroxylation sites is 1. The minimum absolute atomic E-state index is 0.0673. The number of rotatable bonds is 3. The average Bonchev–Trinajstić information content (AvgIpc) is 3.22. The molecule has 4 rings (SSSR count). The Hall–Kier alpha value is -2.53. The molecule has 0 saturated carbocycles. The summed E-state index contributed by atoms with van der Waals surface area (Å²) in [5.41, 5.74) is 8.39. The standard InChI is InChI=1S/C20H21ClN4O/c1-24-17(10-15-3-2-4-16(21)19(15)24)20(26)25-8-7-14(12-25)9-13-5-6-18(22)23-11-13/h2-6,10-11,14H,7-9,12H2,1H3,(H2,22,23). The molecule has 0 spiro atoms. The van der Waals surface area contributed by atoms with Gasteiger partial charge in [-0.05, 0) is 42.5 Å². The van der Waals surface area contributed by atoms with Crippen LogP contribution in [0.5, 0.6) is 0 Å². The summed E-state index contributed by atoms with van der Waals surface area (Å²) in [7, 11) is 1.90. The van der Waals surface area contributed by atoms with Crippen LogP contribution in [-0.4, -0.2) is 33.4 Å². The molecule has 1 saturated heterocycles. The van der Waals surface area contributed by atoms with Crippen molar-refractivity contribution in [2.45, 2.75) is 12.8 Å². The molecule has 1 fully saturated rings. The van der Waals surface area contributed by atoms with E-state index < -0.39 is 0 Å². The maximum atomic E-state index is 13.0. The monoisotopic (exact) mass is 368 g/mol. The van der Waals surface area contributed by atoms with E-state index >= 15 is 0 Å². The lowest BCUT2D eigenvalue weighted by Gasteiger charge is -2.17. The number of nitrogen functional groups attached to an aromatic ring is 1. The summed E-state index contributed by atoms with van der Waals surface area (Å²) in [5.74, 6) is 1.05. The number of benzene rings is 1. The summed E-state index contributed by atoms with van der Waals surface area (Å²) in [6, 6.07) is 11.5. The first-order chi connectivity index (χ1) is 12.5. The Morgan fingerprint density at radius 2 is 2.19 bits per heavy atom. The number of hydrogen-bond donors (Lipinski definition) is 1. The first-order valence-corrected chi connectivity index (χ1v) is 9.14. The van der Waals surface area contributed by atoms with Gasteiger partial charge in [-0.15, -0.1) is 0 Å². The highest BCUT2D eigenvalue weighted by Crippen LogP contribution is 2.28.